The van der Waals surface area contributed by atoms with Gasteiger partial charge in [0.25, 0.3) is 0 Å². The highest BCUT2D eigenvalue weighted by Gasteiger charge is 2.32. The van der Waals surface area contributed by atoms with Crippen molar-refractivity contribution in [2.45, 2.75) is 37.9 Å². The molecule has 0 aliphatic carbocycles. The van der Waals surface area contributed by atoms with Crippen molar-refractivity contribution >= 4 is 11.8 Å². The number of amides is 2. The summed E-state index contributed by atoms with van der Waals surface area (Å²) in [6, 6.07) is 9.71. The van der Waals surface area contributed by atoms with Crippen LogP contribution in [-0.2, 0) is 9.59 Å². The smallest absolute Gasteiger partial charge is 0.229 e. The lowest BCUT2D eigenvalue weighted by atomic mass is 9.87. The van der Waals surface area contributed by atoms with Crippen LogP contribution in [0.15, 0.2) is 30.3 Å². The Kier molecular flexibility index (Phi) is 5.83. The van der Waals surface area contributed by atoms with Crippen molar-refractivity contribution in [1.29, 1.82) is 0 Å². The van der Waals surface area contributed by atoms with Crippen molar-refractivity contribution < 1.29 is 19.8 Å². The highest BCUT2D eigenvalue weighted by molar-refractivity contribution is 6.01. The zero-order valence-corrected chi connectivity index (χ0v) is 14.4. The molecule has 2 N–H and O–H groups in total. The van der Waals surface area contributed by atoms with Gasteiger partial charge in [-0.05, 0) is 37.4 Å². The van der Waals surface area contributed by atoms with E-state index in [2.05, 4.69) is 4.90 Å². The Morgan fingerprint density at radius 3 is 2.16 bits per heavy atom. The number of benzene rings is 1. The number of carbonyl (C=O) groups excluding carboxylic acids is 2. The van der Waals surface area contributed by atoms with E-state index in [1.807, 2.05) is 30.3 Å². The first-order chi connectivity index (χ1) is 12.0. The van der Waals surface area contributed by atoms with Crippen molar-refractivity contribution in [1.82, 2.24) is 9.80 Å². The van der Waals surface area contributed by atoms with Gasteiger partial charge in [0.1, 0.15) is 0 Å². The third-order valence-corrected chi connectivity index (χ3v) is 5.24. The lowest BCUT2D eigenvalue weighted by Gasteiger charge is -2.35. The summed E-state index contributed by atoms with van der Waals surface area (Å²) in [5, 5.41) is 20.7. The van der Waals surface area contributed by atoms with Crippen molar-refractivity contribution in [3.8, 4) is 0 Å². The lowest BCUT2D eigenvalue weighted by Crippen LogP contribution is -2.45. The summed E-state index contributed by atoms with van der Waals surface area (Å²) < 4.78 is 0. The highest BCUT2D eigenvalue weighted by Crippen LogP contribution is 2.30. The fourth-order valence-corrected chi connectivity index (χ4v) is 3.77. The van der Waals surface area contributed by atoms with Gasteiger partial charge in [-0.3, -0.25) is 14.5 Å². The minimum Gasteiger partial charge on any atom is -0.390 e. The Hall–Kier alpha value is -1.76. The number of hydrogen-bond acceptors (Lipinski definition) is 5. The maximum atomic E-state index is 11.6. The average molecular weight is 346 g/mol. The molecular formula is C19H26N2O4. The second kappa shape index (κ2) is 8.08. The molecule has 0 bridgehead atoms. The van der Waals surface area contributed by atoms with Gasteiger partial charge in [-0.2, -0.15) is 0 Å². The third-order valence-electron chi connectivity index (χ3n) is 5.24. The van der Waals surface area contributed by atoms with Crippen LogP contribution in [0, 0.1) is 5.92 Å². The molecule has 2 fully saturated rings. The quantitative estimate of drug-likeness (QED) is 0.750. The number of nitrogens with zero attached hydrogens (tertiary/aromatic N) is 2. The first-order valence-corrected chi connectivity index (χ1v) is 9.01. The molecule has 1 aromatic rings. The summed E-state index contributed by atoms with van der Waals surface area (Å²) in [4.78, 5) is 26.6. The van der Waals surface area contributed by atoms with E-state index in [1.54, 1.807) is 0 Å². The molecule has 0 unspecified atom stereocenters. The monoisotopic (exact) mass is 346 g/mol. The van der Waals surface area contributed by atoms with Crippen LogP contribution in [0.2, 0.25) is 0 Å². The number of rotatable bonds is 6. The molecule has 2 amide bonds. The first-order valence-electron chi connectivity index (χ1n) is 9.01. The van der Waals surface area contributed by atoms with E-state index in [1.165, 1.54) is 4.90 Å². The van der Waals surface area contributed by atoms with E-state index in [-0.39, 0.29) is 37.1 Å². The van der Waals surface area contributed by atoms with Gasteiger partial charge >= 0.3 is 0 Å². The maximum absolute atomic E-state index is 11.6. The first kappa shape index (κ1) is 18.0. The van der Waals surface area contributed by atoms with Crippen LogP contribution in [0.3, 0.4) is 0 Å². The number of hydrogen-bond donors (Lipinski definition) is 2. The predicted octanol–water partition coefficient (Wildman–Crippen LogP) is 0.942. The molecular weight excluding hydrogens is 320 g/mol. The van der Waals surface area contributed by atoms with Gasteiger partial charge in [-0.1, -0.05) is 30.3 Å². The predicted molar refractivity (Wildman–Crippen MR) is 92.5 cm³/mol. The molecule has 6 heteroatoms. The van der Waals surface area contributed by atoms with E-state index < -0.39 is 12.2 Å². The summed E-state index contributed by atoms with van der Waals surface area (Å²) in [7, 11) is 0. The van der Waals surface area contributed by atoms with Gasteiger partial charge in [-0.15, -0.1) is 0 Å². The van der Waals surface area contributed by atoms with Crippen LogP contribution in [-0.4, -0.2) is 64.1 Å². The second-order valence-electron chi connectivity index (χ2n) is 7.05. The molecule has 2 aliphatic rings. The highest BCUT2D eigenvalue weighted by atomic mass is 16.3. The molecule has 0 aromatic heterocycles. The molecule has 1 aromatic carbocycles. The van der Waals surface area contributed by atoms with Gasteiger partial charge in [0.05, 0.1) is 18.8 Å². The molecule has 2 aliphatic heterocycles. The molecule has 6 nitrogen and oxygen atoms in total. The van der Waals surface area contributed by atoms with Crippen molar-refractivity contribution in [2.75, 3.05) is 26.2 Å². The standard InChI is InChI=1S/C19H26N2O4/c22-16(13-21-17(23)6-7-18(21)24)12-20-10-8-15(9-11-20)19(25)14-4-2-1-3-5-14/h1-5,15-16,19,22,25H,6-13H2/t16-,19-/m0/s1. The molecule has 2 heterocycles. The van der Waals surface area contributed by atoms with Crippen molar-refractivity contribution in [3.05, 3.63) is 35.9 Å². The van der Waals surface area contributed by atoms with Crippen LogP contribution in [0.4, 0.5) is 0 Å². The molecule has 136 valence electrons. The lowest BCUT2D eigenvalue weighted by molar-refractivity contribution is -0.140. The Morgan fingerprint density at radius 2 is 1.56 bits per heavy atom. The Balaban J connectivity index is 1.44. The van der Waals surface area contributed by atoms with Gasteiger partial charge in [-0.25, -0.2) is 0 Å². The number of likely N-dealkylation sites (tertiary alicyclic amines) is 2. The molecule has 2 atom stereocenters. The fourth-order valence-electron chi connectivity index (χ4n) is 3.77. The molecule has 2 saturated heterocycles. The number of β-amino-alcohol motifs (C(OH)–C–C–N with tert-alkyl or cyclic N) is 1. The number of aliphatic hydroxyl groups excluding tert-OH is 2. The van der Waals surface area contributed by atoms with E-state index >= 15 is 0 Å². The SMILES string of the molecule is O=C1CCC(=O)N1C[C@@H](O)CN1CCC([C@@H](O)c2ccccc2)CC1. The van der Waals surface area contributed by atoms with Crippen LogP contribution in [0.25, 0.3) is 0 Å². The van der Waals surface area contributed by atoms with Gasteiger partial charge < -0.3 is 15.1 Å². The number of piperidine rings is 1. The fraction of sp³-hybridized carbons (Fsp3) is 0.579. The van der Waals surface area contributed by atoms with Gasteiger partial charge in [0.15, 0.2) is 0 Å². The van der Waals surface area contributed by atoms with E-state index in [0.29, 0.717) is 6.54 Å². The van der Waals surface area contributed by atoms with Crippen LogP contribution in [0.5, 0.6) is 0 Å². The Morgan fingerprint density at radius 1 is 0.960 bits per heavy atom. The zero-order valence-electron chi connectivity index (χ0n) is 14.4. The van der Waals surface area contributed by atoms with Crippen molar-refractivity contribution in [3.63, 3.8) is 0 Å². The summed E-state index contributed by atoms with van der Waals surface area (Å²) in [6.07, 6.45) is 1.08. The molecule has 0 radical (unpaired) electrons. The molecule has 25 heavy (non-hydrogen) atoms. The summed E-state index contributed by atoms with van der Waals surface area (Å²) >= 11 is 0. The average Bonchev–Trinajstić information content (AvgIpc) is 2.94. The Labute approximate surface area is 148 Å². The van der Waals surface area contributed by atoms with Crippen LogP contribution in [0.1, 0.15) is 37.4 Å². The van der Waals surface area contributed by atoms with Crippen molar-refractivity contribution in [2.24, 2.45) is 5.92 Å². The molecule has 3 rings (SSSR count). The second-order valence-corrected chi connectivity index (χ2v) is 7.05. The van der Waals surface area contributed by atoms with E-state index in [9.17, 15) is 19.8 Å². The minimum absolute atomic E-state index is 0.0875. The molecule has 0 saturated carbocycles. The maximum Gasteiger partial charge on any atom is 0.229 e. The van der Waals surface area contributed by atoms with E-state index in [0.717, 1.165) is 31.5 Å². The van der Waals surface area contributed by atoms with Gasteiger partial charge in [0, 0.05) is 19.4 Å². The minimum atomic E-state index is -0.721. The molecule has 0 spiro atoms. The number of imide groups is 1. The van der Waals surface area contributed by atoms with E-state index in [4.69, 9.17) is 0 Å². The number of aliphatic hydroxyl groups is 2. The largest absolute Gasteiger partial charge is 0.390 e. The summed E-state index contributed by atoms with van der Waals surface area (Å²) in [6.45, 7) is 2.14. The number of carbonyl (C=O) groups is 2. The zero-order chi connectivity index (χ0) is 17.8. The van der Waals surface area contributed by atoms with Crippen LogP contribution < -0.4 is 0 Å². The summed E-state index contributed by atoms with van der Waals surface area (Å²) in [5.41, 5.74) is 0.951. The summed E-state index contributed by atoms with van der Waals surface area (Å²) in [5.74, 6) is -0.153. The van der Waals surface area contributed by atoms with Gasteiger partial charge in [0.2, 0.25) is 11.8 Å². The van der Waals surface area contributed by atoms with Crippen LogP contribution >= 0.6 is 0 Å². The topological polar surface area (TPSA) is 81.1 Å². The Bertz CT molecular complexity index is 583. The normalized spacial score (nSPS) is 22.4. The third kappa shape index (κ3) is 4.45.